The number of anilines is 4. The van der Waals surface area contributed by atoms with Gasteiger partial charge in [0.05, 0.1) is 19.8 Å². The number of nitrogens with one attached hydrogen (secondary N) is 6. The summed E-state index contributed by atoms with van der Waals surface area (Å²) in [4.78, 5) is 62.8. The highest BCUT2D eigenvalue weighted by atomic mass is 16.6. The van der Waals surface area contributed by atoms with E-state index in [2.05, 4.69) is 41.6 Å². The van der Waals surface area contributed by atoms with E-state index in [1.807, 2.05) is 36.4 Å². The molecule has 16 nitrogen and oxygen atoms in total. The first kappa shape index (κ1) is 38.9. The van der Waals surface area contributed by atoms with Crippen molar-refractivity contribution in [3.63, 3.8) is 0 Å². The molecule has 0 atom stereocenters. The van der Waals surface area contributed by atoms with Crippen LogP contribution in [0, 0.1) is 11.5 Å². The number of nitriles is 1. The predicted molar refractivity (Wildman–Crippen MR) is 203 cm³/mol. The van der Waals surface area contributed by atoms with Gasteiger partial charge in [-0.05, 0) is 101 Å². The molecule has 55 heavy (non-hydrogen) atoms. The van der Waals surface area contributed by atoms with Crippen LogP contribution in [0.2, 0.25) is 0 Å². The van der Waals surface area contributed by atoms with Crippen LogP contribution in [0.5, 0.6) is 0 Å². The molecule has 0 aromatic heterocycles. The number of fused-ring (bicyclic) bond motifs is 3. The first-order chi connectivity index (χ1) is 26.8. The second kappa shape index (κ2) is 20.0. The van der Waals surface area contributed by atoms with Crippen molar-refractivity contribution in [2.75, 3.05) is 47.6 Å². The number of ether oxygens (including phenoxy) is 3. The van der Waals surface area contributed by atoms with Crippen LogP contribution in [0.4, 0.5) is 41.9 Å². The van der Waals surface area contributed by atoms with Crippen LogP contribution < -0.4 is 31.9 Å². The molecule has 0 radical (unpaired) electrons. The summed E-state index contributed by atoms with van der Waals surface area (Å²) >= 11 is 0. The molecule has 0 heterocycles. The number of nitrogens with zero attached hydrogens (tertiary/aromatic N) is 2. The highest BCUT2D eigenvalue weighted by Gasteiger charge is 2.20. The van der Waals surface area contributed by atoms with Crippen molar-refractivity contribution >= 4 is 53.1 Å². The lowest BCUT2D eigenvalue weighted by Gasteiger charge is -2.10. The Morgan fingerprint density at radius 2 is 1.11 bits per heavy atom. The molecule has 0 aliphatic heterocycles. The third-order valence-electron chi connectivity index (χ3n) is 8.11. The van der Waals surface area contributed by atoms with E-state index in [9.17, 15) is 24.0 Å². The Morgan fingerprint density at radius 3 is 1.58 bits per heavy atom. The quantitative estimate of drug-likeness (QED) is 0.0276. The summed E-state index contributed by atoms with van der Waals surface area (Å²) < 4.78 is 15.0. The van der Waals surface area contributed by atoms with Crippen LogP contribution in [-0.2, 0) is 38.6 Å². The van der Waals surface area contributed by atoms with Crippen LogP contribution >= 0.6 is 0 Å². The molecule has 4 aromatic carbocycles. The molecular formula is C39H38N8O8. The average Bonchev–Trinajstić information content (AvgIpc) is 3.54. The molecule has 0 saturated carbocycles. The van der Waals surface area contributed by atoms with E-state index in [4.69, 9.17) is 14.7 Å². The summed E-state index contributed by atoms with van der Waals surface area (Å²) in [6.45, 7) is 1.15. The number of benzene rings is 4. The normalized spacial score (nSPS) is 10.6. The van der Waals surface area contributed by atoms with Crippen molar-refractivity contribution in [2.24, 2.45) is 4.99 Å². The third-order valence-corrected chi connectivity index (χ3v) is 8.11. The van der Waals surface area contributed by atoms with Gasteiger partial charge in [0, 0.05) is 35.8 Å². The molecule has 1 aliphatic carbocycles. The Balaban J connectivity index is 0.952. The van der Waals surface area contributed by atoms with Crippen molar-refractivity contribution in [2.45, 2.75) is 32.4 Å². The number of urea groups is 2. The van der Waals surface area contributed by atoms with Crippen molar-refractivity contribution in [3.8, 4) is 17.4 Å². The second-order valence-electron chi connectivity index (χ2n) is 12.1. The van der Waals surface area contributed by atoms with Gasteiger partial charge in [0.25, 0.3) is 6.26 Å². The summed E-state index contributed by atoms with van der Waals surface area (Å²) in [5.74, 6) is 0. The van der Waals surface area contributed by atoms with E-state index in [-0.39, 0.29) is 39.5 Å². The van der Waals surface area contributed by atoms with Crippen molar-refractivity contribution in [3.05, 3.63) is 107 Å². The number of hydrogen-bond acceptors (Lipinski definition) is 10. The van der Waals surface area contributed by atoms with E-state index >= 15 is 0 Å². The van der Waals surface area contributed by atoms with E-state index in [0.717, 1.165) is 33.4 Å². The zero-order valence-electron chi connectivity index (χ0n) is 29.6. The highest BCUT2D eigenvalue weighted by molar-refractivity contribution is 5.92. The molecule has 0 fully saturated rings. The molecular weight excluding hydrogens is 708 g/mol. The Hall–Kier alpha value is -7.37. The fourth-order valence-corrected chi connectivity index (χ4v) is 5.52. The molecule has 0 spiro atoms. The van der Waals surface area contributed by atoms with E-state index in [1.54, 1.807) is 54.8 Å². The average molecular weight is 747 g/mol. The Kier molecular flexibility index (Phi) is 14.1. The zero-order chi connectivity index (χ0) is 38.8. The van der Waals surface area contributed by atoms with Gasteiger partial charge < -0.3 is 35.5 Å². The SMILES string of the molecule is N#COCc1ccc(NC(=O)OCCCNC(=O)Nc2ccc3c(c2)Cc2cc(NC(=O)NCCCOC(=O)Nc4ccc(CN=C=O)cc4)ccc2-3)cc1. The van der Waals surface area contributed by atoms with E-state index in [0.29, 0.717) is 42.0 Å². The van der Waals surface area contributed by atoms with E-state index < -0.39 is 24.2 Å². The van der Waals surface area contributed by atoms with Crippen LogP contribution in [0.15, 0.2) is 89.9 Å². The van der Waals surface area contributed by atoms with E-state index in [1.165, 1.54) is 6.08 Å². The summed E-state index contributed by atoms with van der Waals surface area (Å²) in [7, 11) is 0. The van der Waals surface area contributed by atoms with Crippen molar-refractivity contribution in [1.82, 2.24) is 10.6 Å². The van der Waals surface area contributed by atoms with Gasteiger partial charge in [-0.15, -0.1) is 0 Å². The van der Waals surface area contributed by atoms with Crippen LogP contribution in [-0.4, -0.2) is 56.6 Å². The highest BCUT2D eigenvalue weighted by Crippen LogP contribution is 2.39. The summed E-state index contributed by atoms with van der Waals surface area (Å²) in [6, 6.07) is 24.2. The van der Waals surface area contributed by atoms with Gasteiger partial charge in [-0.3, -0.25) is 10.6 Å². The molecule has 4 aromatic rings. The number of rotatable bonds is 16. The Morgan fingerprint density at radius 1 is 0.636 bits per heavy atom. The lowest BCUT2D eigenvalue weighted by Crippen LogP contribution is -2.30. The molecule has 0 unspecified atom stereocenters. The molecule has 5 rings (SSSR count). The minimum Gasteiger partial charge on any atom is -0.449 e. The van der Waals surface area contributed by atoms with Gasteiger partial charge >= 0.3 is 24.2 Å². The monoisotopic (exact) mass is 746 g/mol. The van der Waals surface area contributed by atoms with Gasteiger partial charge in [0.2, 0.25) is 6.08 Å². The van der Waals surface area contributed by atoms with Gasteiger partial charge in [0.1, 0.15) is 6.61 Å². The molecule has 6 N–H and O–H groups in total. The largest absolute Gasteiger partial charge is 0.449 e. The molecule has 0 bridgehead atoms. The number of carbonyl (C=O) groups is 4. The predicted octanol–water partition coefficient (Wildman–Crippen LogP) is 6.61. The molecule has 282 valence electrons. The Bertz CT molecular complexity index is 2080. The lowest BCUT2D eigenvalue weighted by atomic mass is 10.1. The molecule has 0 saturated heterocycles. The molecule has 16 heteroatoms. The number of hydrogen-bond donors (Lipinski definition) is 6. The molecule has 1 aliphatic rings. The minimum atomic E-state index is -0.624. The van der Waals surface area contributed by atoms with Gasteiger partial charge in [-0.2, -0.15) is 5.26 Å². The maximum atomic E-state index is 12.5. The number of isocyanates is 1. The van der Waals surface area contributed by atoms with Gasteiger partial charge in [0.15, 0.2) is 0 Å². The first-order valence-corrected chi connectivity index (χ1v) is 17.3. The van der Waals surface area contributed by atoms with Crippen LogP contribution in [0.3, 0.4) is 0 Å². The Labute approximate surface area is 316 Å². The fraction of sp³-hybridized carbons (Fsp3) is 0.231. The standard InChI is InChI=1S/C39H38N8O8/c40-24-53-23-27-5-9-31(10-6-27)47-39(52)55-18-2-16-43-37(50)45-33-12-14-35-29(21-33)19-28-20-32(11-13-34(28)35)44-36(49)42-15-1-17-54-38(51)46-30-7-3-26(4-8-30)22-41-25-48/h3-14,20-21H,1-2,15-19,22-23H2,(H,46,51)(H,47,52)(H2,42,44,49)(H2,43,45,50). The van der Waals surface area contributed by atoms with Gasteiger partial charge in [-0.1, -0.05) is 36.4 Å². The zero-order valence-corrected chi connectivity index (χ0v) is 29.6. The first-order valence-electron chi connectivity index (χ1n) is 17.3. The van der Waals surface area contributed by atoms with Crippen LogP contribution in [0.1, 0.15) is 35.1 Å². The maximum absolute atomic E-state index is 12.5. The maximum Gasteiger partial charge on any atom is 0.411 e. The summed E-state index contributed by atoms with van der Waals surface area (Å²) in [5, 5.41) is 24.9. The second-order valence-corrected chi connectivity index (χ2v) is 12.1. The fourth-order valence-electron chi connectivity index (χ4n) is 5.52. The summed E-state index contributed by atoms with van der Waals surface area (Å²) in [5.41, 5.74) is 8.06. The third kappa shape index (κ3) is 12.4. The topological polar surface area (TPSA) is 221 Å². The number of aliphatic imine (C=N–C) groups is 1. The van der Waals surface area contributed by atoms with Crippen molar-refractivity contribution in [1.29, 1.82) is 5.26 Å². The van der Waals surface area contributed by atoms with Crippen LogP contribution in [0.25, 0.3) is 11.1 Å². The minimum absolute atomic E-state index is 0.101. The lowest BCUT2D eigenvalue weighted by molar-refractivity contribution is 0.159. The summed E-state index contributed by atoms with van der Waals surface area (Å²) in [6.07, 6.45) is 3.27. The number of carbonyl (C=O) groups excluding carboxylic acids is 5. The number of amides is 6. The molecule has 6 amide bonds. The van der Waals surface area contributed by atoms with Crippen molar-refractivity contribution < 1.29 is 38.2 Å². The van der Waals surface area contributed by atoms with Gasteiger partial charge in [-0.25, -0.2) is 29.0 Å². The smallest absolute Gasteiger partial charge is 0.411 e.